The average molecular weight is 359 g/mol. The highest BCUT2D eigenvalue weighted by atomic mass is 16.6. The third kappa shape index (κ3) is 4.17. The molecule has 0 aromatic carbocycles. The van der Waals surface area contributed by atoms with Gasteiger partial charge < -0.3 is 14.5 Å². The number of aromatic nitrogens is 1. The summed E-state index contributed by atoms with van der Waals surface area (Å²) < 4.78 is 5.77. The second-order valence-corrected chi connectivity index (χ2v) is 7.56. The molecule has 6 nitrogen and oxygen atoms in total. The maximum atomic E-state index is 12.5. The number of amides is 2. The lowest BCUT2D eigenvalue weighted by molar-refractivity contribution is -0.134. The van der Waals surface area contributed by atoms with E-state index in [1.165, 1.54) is 0 Å². The van der Waals surface area contributed by atoms with Gasteiger partial charge in [0.1, 0.15) is 5.60 Å². The third-order valence-electron chi connectivity index (χ3n) is 5.61. The highest BCUT2D eigenvalue weighted by molar-refractivity contribution is 5.76. The summed E-state index contributed by atoms with van der Waals surface area (Å²) in [7, 11) is 0. The van der Waals surface area contributed by atoms with Crippen molar-refractivity contribution in [2.24, 2.45) is 0 Å². The number of hydrogen-bond donors (Lipinski definition) is 0. The van der Waals surface area contributed by atoms with Gasteiger partial charge in [0.25, 0.3) is 0 Å². The van der Waals surface area contributed by atoms with Gasteiger partial charge in [0.15, 0.2) is 0 Å². The molecule has 1 spiro atoms. The van der Waals surface area contributed by atoms with Crippen molar-refractivity contribution in [2.45, 2.75) is 64.0 Å². The predicted octanol–water partition coefficient (Wildman–Crippen LogP) is 3.02. The van der Waals surface area contributed by atoms with Gasteiger partial charge >= 0.3 is 6.09 Å². The maximum Gasteiger partial charge on any atom is 0.410 e. The normalized spacial score (nSPS) is 20.3. The zero-order chi connectivity index (χ0) is 18.6. The van der Waals surface area contributed by atoms with E-state index >= 15 is 0 Å². The van der Waals surface area contributed by atoms with Gasteiger partial charge in [-0.05, 0) is 31.4 Å². The van der Waals surface area contributed by atoms with Gasteiger partial charge in [-0.1, -0.05) is 19.4 Å². The van der Waals surface area contributed by atoms with Crippen LogP contribution in [0.5, 0.6) is 0 Å². The second kappa shape index (κ2) is 8.06. The van der Waals surface area contributed by atoms with Crippen LogP contribution >= 0.6 is 0 Å². The number of likely N-dealkylation sites (tertiary alicyclic amines) is 1. The number of carbonyl (C=O) groups excluding carboxylic acids is 2. The molecule has 0 radical (unpaired) electrons. The van der Waals surface area contributed by atoms with Gasteiger partial charge in [-0.2, -0.15) is 0 Å². The molecule has 3 rings (SSSR count). The van der Waals surface area contributed by atoms with Crippen LogP contribution in [-0.2, 0) is 16.0 Å². The number of piperidine rings is 1. The number of hydrogen-bond acceptors (Lipinski definition) is 4. The van der Waals surface area contributed by atoms with E-state index < -0.39 is 5.60 Å². The smallest absolute Gasteiger partial charge is 0.410 e. The molecule has 6 heteroatoms. The SMILES string of the molecule is CCCC(C)N1CC2(CCN(C(=O)CCc3cccnc3)CC2)OC1=O. The monoisotopic (exact) mass is 359 g/mol. The van der Waals surface area contributed by atoms with E-state index in [9.17, 15) is 9.59 Å². The topological polar surface area (TPSA) is 62.7 Å². The quantitative estimate of drug-likeness (QED) is 0.783. The molecule has 0 bridgehead atoms. The van der Waals surface area contributed by atoms with Crippen molar-refractivity contribution in [2.75, 3.05) is 19.6 Å². The molecule has 26 heavy (non-hydrogen) atoms. The van der Waals surface area contributed by atoms with Gasteiger partial charge in [0.2, 0.25) is 5.91 Å². The lowest BCUT2D eigenvalue weighted by atomic mass is 9.90. The molecule has 1 aromatic rings. The number of rotatable bonds is 6. The van der Waals surface area contributed by atoms with Crippen LogP contribution in [0.4, 0.5) is 4.79 Å². The van der Waals surface area contributed by atoms with Crippen molar-refractivity contribution in [3.8, 4) is 0 Å². The Morgan fingerprint density at radius 1 is 1.38 bits per heavy atom. The fourth-order valence-corrected chi connectivity index (χ4v) is 3.94. The summed E-state index contributed by atoms with van der Waals surface area (Å²) in [4.78, 5) is 32.6. The van der Waals surface area contributed by atoms with Crippen LogP contribution in [0.1, 0.15) is 51.5 Å². The summed E-state index contributed by atoms with van der Waals surface area (Å²) in [6.07, 6.45) is 8.07. The van der Waals surface area contributed by atoms with Gasteiger partial charge in [-0.25, -0.2) is 4.79 Å². The average Bonchev–Trinajstić information content (AvgIpc) is 2.97. The molecular weight excluding hydrogens is 330 g/mol. The van der Waals surface area contributed by atoms with Crippen molar-refractivity contribution < 1.29 is 14.3 Å². The molecular formula is C20H29N3O3. The fourth-order valence-electron chi connectivity index (χ4n) is 3.94. The lowest BCUT2D eigenvalue weighted by Gasteiger charge is -2.37. The Hall–Kier alpha value is -2.11. The predicted molar refractivity (Wildman–Crippen MR) is 98.7 cm³/mol. The zero-order valence-corrected chi connectivity index (χ0v) is 15.8. The molecule has 1 aromatic heterocycles. The summed E-state index contributed by atoms with van der Waals surface area (Å²) in [5, 5.41) is 0. The second-order valence-electron chi connectivity index (χ2n) is 7.56. The number of nitrogens with zero attached hydrogens (tertiary/aromatic N) is 3. The molecule has 0 N–H and O–H groups in total. The van der Waals surface area contributed by atoms with Crippen LogP contribution in [0, 0.1) is 0 Å². The highest BCUT2D eigenvalue weighted by Crippen LogP contribution is 2.34. The first-order valence-corrected chi connectivity index (χ1v) is 9.69. The molecule has 142 valence electrons. The van der Waals surface area contributed by atoms with Crippen molar-refractivity contribution in [3.63, 3.8) is 0 Å². The molecule has 1 unspecified atom stereocenters. The van der Waals surface area contributed by atoms with Crippen molar-refractivity contribution in [1.82, 2.24) is 14.8 Å². The number of carbonyl (C=O) groups is 2. The van der Waals surface area contributed by atoms with E-state index in [1.807, 2.05) is 28.1 Å². The van der Waals surface area contributed by atoms with Crippen molar-refractivity contribution in [1.29, 1.82) is 0 Å². The molecule has 1 atom stereocenters. The Kier molecular flexibility index (Phi) is 5.79. The Morgan fingerprint density at radius 3 is 2.81 bits per heavy atom. The Morgan fingerprint density at radius 2 is 2.15 bits per heavy atom. The van der Waals surface area contributed by atoms with Gasteiger partial charge in [0, 0.05) is 50.8 Å². The van der Waals surface area contributed by atoms with Gasteiger partial charge in [-0.15, -0.1) is 0 Å². The van der Waals surface area contributed by atoms with Gasteiger partial charge in [0.05, 0.1) is 6.54 Å². The highest BCUT2D eigenvalue weighted by Gasteiger charge is 2.48. The summed E-state index contributed by atoms with van der Waals surface area (Å²) in [6, 6.07) is 4.10. The first-order valence-electron chi connectivity index (χ1n) is 9.69. The standard InChI is InChI=1S/C20H29N3O3/c1-3-5-16(2)23-15-20(26-19(23)25)9-12-22(13-10-20)18(24)8-7-17-6-4-11-21-14-17/h4,6,11,14,16H,3,5,7-10,12-13,15H2,1-2H3. The van der Waals surface area contributed by atoms with E-state index in [0.29, 0.717) is 32.5 Å². The summed E-state index contributed by atoms with van der Waals surface area (Å²) in [5.74, 6) is 0.171. The Balaban J connectivity index is 1.49. The maximum absolute atomic E-state index is 12.5. The molecule has 3 heterocycles. The van der Waals surface area contributed by atoms with Crippen molar-refractivity contribution >= 4 is 12.0 Å². The zero-order valence-electron chi connectivity index (χ0n) is 15.8. The number of pyridine rings is 1. The Bertz CT molecular complexity index is 626. The van der Waals surface area contributed by atoms with E-state index in [0.717, 1.165) is 31.2 Å². The van der Waals surface area contributed by atoms with Crippen LogP contribution < -0.4 is 0 Å². The molecule has 0 saturated carbocycles. The molecule has 2 saturated heterocycles. The molecule has 0 aliphatic carbocycles. The minimum Gasteiger partial charge on any atom is -0.441 e. The molecule has 2 aliphatic rings. The van der Waals surface area contributed by atoms with Crippen LogP contribution in [-0.4, -0.2) is 58.1 Å². The van der Waals surface area contributed by atoms with Crippen LogP contribution in [0.15, 0.2) is 24.5 Å². The van der Waals surface area contributed by atoms with Gasteiger partial charge in [-0.3, -0.25) is 9.78 Å². The molecule has 2 fully saturated rings. The minimum absolute atomic E-state index is 0.171. The fraction of sp³-hybridized carbons (Fsp3) is 0.650. The molecule has 2 amide bonds. The van der Waals surface area contributed by atoms with Crippen molar-refractivity contribution in [3.05, 3.63) is 30.1 Å². The molecule has 2 aliphatic heterocycles. The Labute approximate surface area is 155 Å². The van der Waals surface area contributed by atoms with Crippen LogP contribution in [0.25, 0.3) is 0 Å². The van der Waals surface area contributed by atoms with E-state index in [2.05, 4.69) is 18.8 Å². The number of ether oxygens (including phenoxy) is 1. The first kappa shape index (κ1) is 18.7. The summed E-state index contributed by atoms with van der Waals surface area (Å²) in [6.45, 7) is 6.19. The van der Waals surface area contributed by atoms with E-state index in [4.69, 9.17) is 4.74 Å². The lowest BCUT2D eigenvalue weighted by Crippen LogP contribution is -2.49. The largest absolute Gasteiger partial charge is 0.441 e. The van der Waals surface area contributed by atoms with E-state index in [1.54, 1.807) is 6.20 Å². The minimum atomic E-state index is -0.404. The first-order chi connectivity index (χ1) is 12.5. The van der Waals surface area contributed by atoms with Crippen LogP contribution in [0.2, 0.25) is 0 Å². The van der Waals surface area contributed by atoms with Crippen LogP contribution in [0.3, 0.4) is 0 Å². The summed E-state index contributed by atoms with van der Waals surface area (Å²) in [5.41, 5.74) is 0.679. The summed E-state index contributed by atoms with van der Waals surface area (Å²) >= 11 is 0. The number of aryl methyl sites for hydroxylation is 1. The van der Waals surface area contributed by atoms with E-state index in [-0.39, 0.29) is 18.0 Å². The third-order valence-corrected chi connectivity index (χ3v) is 5.61.